The van der Waals surface area contributed by atoms with Crippen LogP contribution in [0.5, 0.6) is 11.5 Å². The molecule has 0 radical (unpaired) electrons. The summed E-state index contributed by atoms with van der Waals surface area (Å²) in [5.41, 5.74) is 3.63. The second-order valence-corrected chi connectivity index (χ2v) is 13.0. The Morgan fingerprint density at radius 1 is 1.09 bits per heavy atom. The highest BCUT2D eigenvalue weighted by atomic mass is 35.5. The van der Waals surface area contributed by atoms with E-state index in [1.54, 1.807) is 31.4 Å². The van der Waals surface area contributed by atoms with E-state index in [0.29, 0.717) is 63.4 Å². The van der Waals surface area contributed by atoms with Crippen molar-refractivity contribution in [3.8, 4) is 22.8 Å². The number of aryl methyl sites for hydroxylation is 1. The summed E-state index contributed by atoms with van der Waals surface area (Å²) < 4.78 is 53.3. The minimum atomic E-state index is -2.24. The Morgan fingerprint density at radius 2 is 1.93 bits per heavy atom. The third-order valence-corrected chi connectivity index (χ3v) is 9.27. The number of methoxy groups -OCH3 is 1. The van der Waals surface area contributed by atoms with Crippen LogP contribution in [0.15, 0.2) is 66.3 Å². The van der Waals surface area contributed by atoms with E-state index in [1.807, 2.05) is 37.4 Å². The maximum absolute atomic E-state index is 13.5. The summed E-state index contributed by atoms with van der Waals surface area (Å²) in [5.74, 6) is 1.26. The molecule has 2 heterocycles. The van der Waals surface area contributed by atoms with Crippen LogP contribution in [0.4, 0.5) is 15.9 Å². The molecule has 46 heavy (non-hydrogen) atoms. The molecule has 240 valence electrons. The Morgan fingerprint density at radius 3 is 2.67 bits per heavy atom. The van der Waals surface area contributed by atoms with Gasteiger partial charge in [-0.3, -0.25) is 0 Å². The van der Waals surface area contributed by atoms with Crippen LogP contribution >= 0.6 is 22.9 Å². The molecule has 5 rings (SSSR count). The molecule has 0 saturated carbocycles. The molecule has 0 aliphatic rings. The van der Waals surface area contributed by atoms with Gasteiger partial charge in [-0.2, -0.15) is 8.42 Å². The van der Waals surface area contributed by atoms with E-state index in [-0.39, 0.29) is 24.9 Å². The van der Waals surface area contributed by atoms with Crippen LogP contribution in [0.25, 0.3) is 22.2 Å². The molecule has 9 nitrogen and oxygen atoms in total. The highest BCUT2D eigenvalue weighted by Crippen LogP contribution is 2.37. The number of benzene rings is 3. The first-order valence-electron chi connectivity index (χ1n) is 14.5. The normalized spacial score (nSPS) is 11.2. The highest BCUT2D eigenvalue weighted by molar-refractivity contribution is 7.73. The van der Waals surface area contributed by atoms with Crippen molar-refractivity contribution < 1.29 is 27.0 Å². The molecule has 0 unspecified atom stereocenters. The maximum atomic E-state index is 13.5. The van der Waals surface area contributed by atoms with Gasteiger partial charge in [0, 0.05) is 41.1 Å². The van der Waals surface area contributed by atoms with Crippen molar-refractivity contribution in [2.75, 3.05) is 25.6 Å². The van der Waals surface area contributed by atoms with E-state index in [0.717, 1.165) is 21.7 Å². The molecule has 0 aliphatic heterocycles. The fourth-order valence-corrected chi connectivity index (χ4v) is 6.27. The van der Waals surface area contributed by atoms with Gasteiger partial charge in [-0.25, -0.2) is 19.3 Å². The predicted molar refractivity (Wildman–Crippen MR) is 181 cm³/mol. The fourth-order valence-electron chi connectivity index (χ4n) is 4.63. The molecular formula is C33H32ClFN4O5S2. The Labute approximate surface area is 276 Å². The molecule has 0 amide bonds. The van der Waals surface area contributed by atoms with Gasteiger partial charge in [0.15, 0.2) is 0 Å². The smallest absolute Gasteiger partial charge is 0.215 e. The average Bonchev–Trinajstić information content (AvgIpc) is 3.50. The summed E-state index contributed by atoms with van der Waals surface area (Å²) in [5, 5.41) is 7.38. The number of hydrogen-bond acceptors (Lipinski definition) is 10. The van der Waals surface area contributed by atoms with Gasteiger partial charge < -0.3 is 19.5 Å². The molecule has 0 fully saturated rings. The van der Waals surface area contributed by atoms with Gasteiger partial charge >= 0.3 is 0 Å². The van der Waals surface area contributed by atoms with Crippen molar-refractivity contribution in [2.24, 2.45) is 5.92 Å². The first-order valence-corrected chi connectivity index (χ1v) is 16.8. The van der Waals surface area contributed by atoms with Crippen molar-refractivity contribution in [2.45, 2.75) is 33.3 Å². The summed E-state index contributed by atoms with van der Waals surface area (Å²) >= 11 is 8.06. The van der Waals surface area contributed by atoms with E-state index in [1.165, 1.54) is 29.8 Å². The highest BCUT2D eigenvalue weighted by Gasteiger charge is 2.16. The van der Waals surface area contributed by atoms with Gasteiger partial charge in [0.2, 0.25) is 10.3 Å². The first-order chi connectivity index (χ1) is 22.2. The molecule has 0 spiro atoms. The summed E-state index contributed by atoms with van der Waals surface area (Å²) in [6.45, 7) is 4.38. The van der Waals surface area contributed by atoms with Gasteiger partial charge in [0.1, 0.15) is 36.1 Å². The van der Waals surface area contributed by atoms with Crippen LogP contribution in [0, 0.1) is 11.7 Å². The first kappa shape index (κ1) is 33.3. The zero-order chi connectivity index (χ0) is 32.6. The van der Waals surface area contributed by atoms with Crippen molar-refractivity contribution in [1.82, 2.24) is 15.0 Å². The number of fused-ring (bicyclic) bond motifs is 1. The van der Waals surface area contributed by atoms with Crippen molar-refractivity contribution in [3.05, 3.63) is 87.7 Å². The standard InChI is InChI=1S/C33H32ClFN4O5S2/c1-20(2)31(46(40)41)17-43-11-5-8-32-39-28(18-45-32)24-14-25-27(15-30(24)42-3)36-19-37-33(25)38-23-9-10-29(26(34)13-23)44-16-21-6-4-7-22(35)12-21/h4,6-7,9-10,12-15,18-20H,5,8,11,16-17H2,1-3H3,(H,36,37,38). The third-order valence-electron chi connectivity index (χ3n) is 7.04. The number of hydrogen-bond donors (Lipinski definition) is 1. The number of ether oxygens (including phenoxy) is 3. The van der Waals surface area contributed by atoms with Gasteiger partial charge in [-0.1, -0.05) is 37.6 Å². The quantitative estimate of drug-likeness (QED) is 0.0938. The topological polar surface area (TPSA) is 113 Å². The Bertz CT molecular complexity index is 1980. The van der Waals surface area contributed by atoms with Crippen molar-refractivity contribution >= 4 is 60.5 Å². The molecule has 5 aromatic rings. The number of rotatable bonds is 14. The van der Waals surface area contributed by atoms with Crippen LogP contribution in [0.2, 0.25) is 5.02 Å². The minimum Gasteiger partial charge on any atom is -0.496 e. The lowest BCUT2D eigenvalue weighted by Crippen LogP contribution is -2.17. The number of nitrogens with one attached hydrogen (secondary N) is 1. The number of anilines is 2. The van der Waals surface area contributed by atoms with Crippen molar-refractivity contribution in [3.63, 3.8) is 0 Å². The largest absolute Gasteiger partial charge is 0.496 e. The molecule has 0 saturated heterocycles. The molecule has 13 heteroatoms. The number of nitrogens with zero attached hydrogens (tertiary/aromatic N) is 3. The zero-order valence-corrected chi connectivity index (χ0v) is 27.8. The maximum Gasteiger partial charge on any atom is 0.215 e. The molecule has 2 aromatic heterocycles. The summed E-state index contributed by atoms with van der Waals surface area (Å²) in [6.07, 6.45) is 2.87. The molecule has 0 atom stereocenters. The van der Waals surface area contributed by atoms with E-state index in [4.69, 9.17) is 30.8 Å². The lowest BCUT2D eigenvalue weighted by atomic mass is 10.1. The number of aromatic nitrogens is 3. The lowest BCUT2D eigenvalue weighted by Gasteiger charge is -2.13. The molecule has 0 bridgehead atoms. The monoisotopic (exact) mass is 682 g/mol. The molecular weight excluding hydrogens is 651 g/mol. The summed E-state index contributed by atoms with van der Waals surface area (Å²) in [7, 11) is -0.640. The summed E-state index contributed by atoms with van der Waals surface area (Å²) in [4.78, 5) is 14.1. The van der Waals surface area contributed by atoms with E-state index < -0.39 is 10.3 Å². The van der Waals surface area contributed by atoms with Gasteiger partial charge in [-0.05, 0) is 54.3 Å². The van der Waals surface area contributed by atoms with Crippen LogP contribution in [0.3, 0.4) is 0 Å². The van der Waals surface area contributed by atoms with Crippen molar-refractivity contribution in [1.29, 1.82) is 0 Å². The lowest BCUT2D eigenvalue weighted by molar-refractivity contribution is 0.168. The number of halogens is 2. The van der Waals surface area contributed by atoms with Crippen LogP contribution in [0.1, 0.15) is 30.8 Å². The van der Waals surface area contributed by atoms with Gasteiger partial charge in [0.25, 0.3) is 0 Å². The van der Waals surface area contributed by atoms with Gasteiger partial charge in [0.05, 0.1) is 39.8 Å². The van der Waals surface area contributed by atoms with Gasteiger partial charge in [-0.15, -0.1) is 11.3 Å². The number of thiazole rings is 1. The van der Waals surface area contributed by atoms with E-state index >= 15 is 0 Å². The average molecular weight is 683 g/mol. The summed E-state index contributed by atoms with van der Waals surface area (Å²) in [6, 6.07) is 15.3. The third kappa shape index (κ3) is 8.38. The second kappa shape index (κ2) is 15.5. The fraction of sp³-hybridized carbons (Fsp3) is 0.273. The Kier molecular flexibility index (Phi) is 11.2. The van der Waals surface area contributed by atoms with E-state index in [9.17, 15) is 12.8 Å². The zero-order valence-electron chi connectivity index (χ0n) is 25.4. The van der Waals surface area contributed by atoms with Crippen LogP contribution < -0.4 is 14.8 Å². The molecule has 1 N–H and O–H groups in total. The van der Waals surface area contributed by atoms with E-state index in [2.05, 4.69) is 15.3 Å². The Balaban J connectivity index is 1.29. The van der Waals surface area contributed by atoms with Crippen LogP contribution in [-0.2, 0) is 28.1 Å². The molecule has 3 aromatic carbocycles. The predicted octanol–water partition coefficient (Wildman–Crippen LogP) is 7.53. The van der Waals surface area contributed by atoms with Crippen LogP contribution in [-0.4, -0.2) is 48.6 Å². The SMILES string of the molecule is COc1cc2ncnc(Nc3ccc(OCc4cccc(F)c4)c(Cl)c3)c2cc1-c1csc(CCCOCC(C(C)C)=S(=O)=O)n1. The minimum absolute atomic E-state index is 0.0878. The molecule has 0 aliphatic carbocycles. The second-order valence-electron chi connectivity index (χ2n) is 10.6. The Hall–Kier alpha value is -4.10.